The fourth-order valence-electron chi connectivity index (χ4n) is 2.89. The van der Waals surface area contributed by atoms with Crippen molar-refractivity contribution in [3.63, 3.8) is 0 Å². The summed E-state index contributed by atoms with van der Waals surface area (Å²) in [6.45, 7) is 1.87. The molecule has 1 atom stereocenters. The molecule has 0 radical (unpaired) electrons. The van der Waals surface area contributed by atoms with Crippen molar-refractivity contribution in [3.05, 3.63) is 23.2 Å². The Kier molecular flexibility index (Phi) is 5.86. The Bertz CT molecular complexity index is 746. The normalized spacial score (nSPS) is 16.0. The second kappa shape index (κ2) is 8.10. The highest BCUT2D eigenvalue weighted by Crippen LogP contribution is 2.31. The van der Waals surface area contributed by atoms with Crippen molar-refractivity contribution in [3.8, 4) is 17.1 Å². The van der Waals surface area contributed by atoms with E-state index in [4.69, 9.17) is 16.3 Å². The molecule has 1 aliphatic carbocycles. The van der Waals surface area contributed by atoms with Gasteiger partial charge in [0.15, 0.2) is 5.82 Å². The van der Waals surface area contributed by atoms with E-state index in [1.807, 2.05) is 6.92 Å². The Hall–Kier alpha value is -1.73. The standard InChI is InChI=1S/C17H21ClN4O2S/c1-10(16(23)19-12-5-3-4-6-12)25-17-20-15(21-22-17)13-9-11(18)7-8-14(13)24-2/h7-10,12H,3-6H2,1-2H3,(H,19,23)(H,20,21,22). The number of ether oxygens (including phenoxy) is 1. The summed E-state index contributed by atoms with van der Waals surface area (Å²) < 4.78 is 5.34. The maximum atomic E-state index is 12.3. The Morgan fingerprint density at radius 1 is 1.44 bits per heavy atom. The van der Waals surface area contributed by atoms with Gasteiger partial charge in [0.25, 0.3) is 0 Å². The Morgan fingerprint density at radius 3 is 2.92 bits per heavy atom. The summed E-state index contributed by atoms with van der Waals surface area (Å²) in [5.41, 5.74) is 0.734. The van der Waals surface area contributed by atoms with E-state index in [1.165, 1.54) is 24.6 Å². The number of amides is 1. The smallest absolute Gasteiger partial charge is 0.233 e. The molecule has 0 aliphatic heterocycles. The van der Waals surface area contributed by atoms with Gasteiger partial charge in [0.05, 0.1) is 17.9 Å². The lowest BCUT2D eigenvalue weighted by atomic mass is 10.2. The fourth-order valence-corrected chi connectivity index (χ4v) is 3.79. The van der Waals surface area contributed by atoms with Crippen LogP contribution < -0.4 is 10.1 Å². The predicted octanol–water partition coefficient (Wildman–Crippen LogP) is 3.67. The fraction of sp³-hybridized carbons (Fsp3) is 0.471. The Labute approximate surface area is 156 Å². The van der Waals surface area contributed by atoms with Crippen LogP contribution in [-0.2, 0) is 4.79 Å². The zero-order chi connectivity index (χ0) is 17.8. The second-order valence-corrected chi connectivity index (χ2v) is 7.81. The van der Waals surface area contributed by atoms with Crippen molar-refractivity contribution in [1.29, 1.82) is 0 Å². The van der Waals surface area contributed by atoms with Gasteiger partial charge in [0.1, 0.15) is 5.75 Å². The minimum Gasteiger partial charge on any atom is -0.496 e. The van der Waals surface area contributed by atoms with Crippen LogP contribution in [0.1, 0.15) is 32.6 Å². The first-order valence-electron chi connectivity index (χ1n) is 8.30. The first kappa shape index (κ1) is 18.1. The molecule has 1 aromatic carbocycles. The van der Waals surface area contributed by atoms with Gasteiger partial charge in [-0.3, -0.25) is 9.89 Å². The van der Waals surface area contributed by atoms with E-state index in [0.717, 1.165) is 18.4 Å². The van der Waals surface area contributed by atoms with Crippen LogP contribution >= 0.6 is 23.4 Å². The molecule has 2 N–H and O–H groups in total. The molecule has 1 unspecified atom stereocenters. The molecule has 1 aromatic heterocycles. The molecule has 0 bridgehead atoms. The highest BCUT2D eigenvalue weighted by atomic mass is 35.5. The molecule has 134 valence electrons. The average molecular weight is 381 g/mol. The molecule has 1 aliphatic rings. The zero-order valence-corrected chi connectivity index (χ0v) is 15.8. The third kappa shape index (κ3) is 4.46. The van der Waals surface area contributed by atoms with Crippen molar-refractivity contribution in [2.75, 3.05) is 7.11 Å². The topological polar surface area (TPSA) is 79.9 Å². The summed E-state index contributed by atoms with van der Waals surface area (Å²) in [4.78, 5) is 16.8. The summed E-state index contributed by atoms with van der Waals surface area (Å²) in [6.07, 6.45) is 4.53. The number of H-pyrrole nitrogens is 1. The van der Waals surface area contributed by atoms with Crippen LogP contribution in [0.25, 0.3) is 11.4 Å². The van der Waals surface area contributed by atoms with E-state index >= 15 is 0 Å². The molecule has 3 rings (SSSR count). The number of nitrogens with zero attached hydrogens (tertiary/aromatic N) is 2. The number of thioether (sulfide) groups is 1. The molecule has 0 saturated heterocycles. The number of carbonyl (C=O) groups excluding carboxylic acids is 1. The lowest BCUT2D eigenvalue weighted by Crippen LogP contribution is -2.37. The van der Waals surface area contributed by atoms with Crippen molar-refractivity contribution < 1.29 is 9.53 Å². The number of halogens is 1. The second-order valence-electron chi connectivity index (χ2n) is 6.06. The van der Waals surface area contributed by atoms with E-state index in [-0.39, 0.29) is 11.2 Å². The molecule has 1 fully saturated rings. The quantitative estimate of drug-likeness (QED) is 0.747. The maximum Gasteiger partial charge on any atom is 0.233 e. The maximum absolute atomic E-state index is 12.3. The Morgan fingerprint density at radius 2 is 2.20 bits per heavy atom. The van der Waals surface area contributed by atoms with E-state index in [2.05, 4.69) is 20.5 Å². The number of hydrogen-bond donors (Lipinski definition) is 2. The number of carbonyl (C=O) groups is 1. The van der Waals surface area contributed by atoms with Crippen molar-refractivity contribution in [2.24, 2.45) is 0 Å². The Balaban J connectivity index is 1.67. The van der Waals surface area contributed by atoms with Crippen LogP contribution in [0.4, 0.5) is 0 Å². The van der Waals surface area contributed by atoms with E-state index < -0.39 is 0 Å². The van der Waals surface area contributed by atoms with E-state index in [9.17, 15) is 4.79 Å². The first-order valence-corrected chi connectivity index (χ1v) is 9.56. The van der Waals surface area contributed by atoms with Gasteiger partial charge in [-0.25, -0.2) is 4.98 Å². The zero-order valence-electron chi connectivity index (χ0n) is 14.2. The van der Waals surface area contributed by atoms with Gasteiger partial charge in [-0.05, 0) is 38.0 Å². The molecule has 1 heterocycles. The van der Waals surface area contributed by atoms with Crippen molar-refractivity contribution >= 4 is 29.3 Å². The minimum absolute atomic E-state index is 0.0311. The third-order valence-electron chi connectivity index (χ3n) is 4.23. The molecular weight excluding hydrogens is 360 g/mol. The van der Waals surface area contributed by atoms with Gasteiger partial charge in [-0.2, -0.15) is 0 Å². The van der Waals surface area contributed by atoms with Crippen LogP contribution in [-0.4, -0.2) is 39.5 Å². The van der Waals surface area contributed by atoms with Crippen LogP contribution in [0.3, 0.4) is 0 Å². The summed E-state index contributed by atoms with van der Waals surface area (Å²) >= 11 is 7.39. The number of nitrogens with one attached hydrogen (secondary N) is 2. The number of methoxy groups -OCH3 is 1. The minimum atomic E-state index is -0.259. The summed E-state index contributed by atoms with van der Waals surface area (Å²) in [6, 6.07) is 5.62. The predicted molar refractivity (Wildman–Crippen MR) is 99.1 cm³/mol. The largest absolute Gasteiger partial charge is 0.496 e. The summed E-state index contributed by atoms with van der Waals surface area (Å²) in [5.74, 6) is 1.25. The molecule has 6 nitrogen and oxygen atoms in total. The molecular formula is C17H21ClN4O2S. The highest BCUT2D eigenvalue weighted by Gasteiger charge is 2.22. The molecule has 8 heteroatoms. The van der Waals surface area contributed by atoms with E-state index in [1.54, 1.807) is 25.3 Å². The monoisotopic (exact) mass is 380 g/mol. The number of aromatic nitrogens is 3. The first-order chi connectivity index (χ1) is 12.1. The highest BCUT2D eigenvalue weighted by molar-refractivity contribution is 8.00. The molecule has 25 heavy (non-hydrogen) atoms. The number of aromatic amines is 1. The molecule has 1 saturated carbocycles. The van der Waals surface area contributed by atoms with Gasteiger partial charge < -0.3 is 10.1 Å². The van der Waals surface area contributed by atoms with Gasteiger partial charge in [-0.1, -0.05) is 36.2 Å². The summed E-state index contributed by atoms with van der Waals surface area (Å²) in [7, 11) is 1.59. The third-order valence-corrected chi connectivity index (χ3v) is 5.43. The molecule has 0 spiro atoms. The van der Waals surface area contributed by atoms with Crippen LogP contribution in [0.5, 0.6) is 5.75 Å². The molecule has 1 amide bonds. The lowest BCUT2D eigenvalue weighted by Gasteiger charge is -2.15. The van der Waals surface area contributed by atoms with Crippen LogP contribution in [0.15, 0.2) is 23.4 Å². The number of benzene rings is 1. The van der Waals surface area contributed by atoms with Crippen molar-refractivity contribution in [1.82, 2.24) is 20.5 Å². The van der Waals surface area contributed by atoms with Gasteiger partial charge >= 0.3 is 0 Å². The average Bonchev–Trinajstić information content (AvgIpc) is 3.26. The SMILES string of the molecule is COc1ccc(Cl)cc1-c1nc(SC(C)C(=O)NC2CCCC2)n[nH]1. The number of hydrogen-bond acceptors (Lipinski definition) is 5. The van der Waals surface area contributed by atoms with Gasteiger partial charge in [0, 0.05) is 11.1 Å². The van der Waals surface area contributed by atoms with Crippen LogP contribution in [0, 0.1) is 0 Å². The van der Waals surface area contributed by atoms with Crippen molar-refractivity contribution in [2.45, 2.75) is 49.1 Å². The molecule has 2 aromatic rings. The van der Waals surface area contributed by atoms with Gasteiger partial charge in [-0.15, -0.1) is 5.10 Å². The van der Waals surface area contributed by atoms with Crippen LogP contribution in [0.2, 0.25) is 5.02 Å². The van der Waals surface area contributed by atoms with Gasteiger partial charge in [0.2, 0.25) is 11.1 Å². The lowest BCUT2D eigenvalue weighted by molar-refractivity contribution is -0.120. The van der Waals surface area contributed by atoms with E-state index in [0.29, 0.717) is 27.8 Å². The number of rotatable bonds is 6. The summed E-state index contributed by atoms with van der Waals surface area (Å²) in [5, 5.41) is 11.0.